The number of hydrogen-bond acceptors (Lipinski definition) is 4. The lowest BCUT2D eigenvalue weighted by Gasteiger charge is -2.23. The Labute approximate surface area is 107 Å². The Bertz CT molecular complexity index is 519. The van der Waals surface area contributed by atoms with Crippen molar-refractivity contribution < 1.29 is 14.1 Å². The van der Waals surface area contributed by atoms with E-state index in [9.17, 15) is 19.3 Å². The average Bonchev–Trinajstić information content (AvgIpc) is 2.22. The summed E-state index contributed by atoms with van der Waals surface area (Å²) in [5.41, 5.74) is 3.31. The number of carbonyl (C=O) groups excluding carboxylic acids is 1. The van der Waals surface area contributed by atoms with Crippen molar-refractivity contribution in [3.8, 4) is 0 Å². The number of halogens is 2. The van der Waals surface area contributed by atoms with Gasteiger partial charge in [0.2, 0.25) is 5.91 Å². The highest BCUT2D eigenvalue weighted by atomic mass is 35.5. The first-order valence-corrected chi connectivity index (χ1v) is 5.24. The Morgan fingerprint density at radius 1 is 1.56 bits per heavy atom. The molecular formula is C10H11ClFN3O3. The zero-order chi connectivity index (χ0) is 14.1. The van der Waals surface area contributed by atoms with E-state index >= 15 is 0 Å². The predicted molar refractivity (Wildman–Crippen MR) is 65.0 cm³/mol. The normalized spacial score (nSPS) is 11.1. The largest absolute Gasteiger partial charge is 0.368 e. The number of anilines is 1. The number of nitro benzene ring substituents is 1. The van der Waals surface area contributed by atoms with Crippen LogP contribution in [0.15, 0.2) is 12.1 Å². The summed E-state index contributed by atoms with van der Waals surface area (Å²) in [5, 5.41) is 13.1. The van der Waals surface area contributed by atoms with Gasteiger partial charge in [-0.3, -0.25) is 14.9 Å². The number of nitro groups is 1. The van der Waals surface area contributed by atoms with Gasteiger partial charge >= 0.3 is 0 Å². The molecule has 0 saturated heterocycles. The summed E-state index contributed by atoms with van der Waals surface area (Å²) in [7, 11) is 0. The summed E-state index contributed by atoms with van der Waals surface area (Å²) in [5.74, 6) is -1.62. The number of nitrogens with one attached hydrogen (secondary N) is 1. The summed E-state index contributed by atoms with van der Waals surface area (Å²) in [6.45, 7) is 2.88. The number of amides is 1. The van der Waals surface area contributed by atoms with Gasteiger partial charge in [0.1, 0.15) is 17.0 Å². The fourth-order valence-electron chi connectivity index (χ4n) is 1.19. The van der Waals surface area contributed by atoms with E-state index in [1.54, 1.807) is 0 Å². The van der Waals surface area contributed by atoms with Crippen LogP contribution in [0.3, 0.4) is 0 Å². The number of rotatable bonds is 4. The standard InChI is InChI=1S/C10H11ClFN3O3/c1-10(2,9(13)16)14-7-3-5(11)6(12)4-8(7)15(17)18/h3-4,14H,1-2H3,(H2,13,16). The molecule has 1 rings (SSSR count). The van der Waals surface area contributed by atoms with Crippen LogP contribution >= 0.6 is 11.6 Å². The molecule has 0 aliphatic rings. The number of carbonyl (C=O) groups is 1. The van der Waals surface area contributed by atoms with Crippen LogP contribution in [0.2, 0.25) is 5.02 Å². The van der Waals surface area contributed by atoms with Crippen LogP contribution < -0.4 is 11.1 Å². The lowest BCUT2D eigenvalue weighted by molar-refractivity contribution is -0.384. The third-order valence-corrected chi connectivity index (χ3v) is 2.59. The molecule has 0 radical (unpaired) electrons. The first kappa shape index (κ1) is 14.2. The van der Waals surface area contributed by atoms with Crippen molar-refractivity contribution in [1.82, 2.24) is 0 Å². The molecule has 0 aliphatic heterocycles. The number of benzene rings is 1. The molecule has 6 nitrogen and oxygen atoms in total. The molecule has 0 atom stereocenters. The zero-order valence-electron chi connectivity index (χ0n) is 9.66. The molecule has 98 valence electrons. The highest BCUT2D eigenvalue weighted by molar-refractivity contribution is 6.31. The number of primary amides is 1. The summed E-state index contributed by atoms with van der Waals surface area (Å²) in [4.78, 5) is 21.1. The maximum Gasteiger partial charge on any atom is 0.295 e. The van der Waals surface area contributed by atoms with Crippen LogP contribution in [0.1, 0.15) is 13.8 Å². The summed E-state index contributed by atoms with van der Waals surface area (Å²) in [6.07, 6.45) is 0. The summed E-state index contributed by atoms with van der Waals surface area (Å²) in [6, 6.07) is 1.72. The molecule has 18 heavy (non-hydrogen) atoms. The van der Waals surface area contributed by atoms with E-state index in [1.165, 1.54) is 13.8 Å². The van der Waals surface area contributed by atoms with E-state index in [2.05, 4.69) is 5.32 Å². The molecule has 1 amide bonds. The number of nitrogens with zero attached hydrogens (tertiary/aromatic N) is 1. The Hall–Kier alpha value is -1.89. The van der Waals surface area contributed by atoms with Crippen LogP contribution in [0.25, 0.3) is 0 Å². The molecule has 0 bridgehead atoms. The smallest absolute Gasteiger partial charge is 0.295 e. The minimum absolute atomic E-state index is 0.0739. The van der Waals surface area contributed by atoms with E-state index < -0.39 is 27.9 Å². The molecule has 0 heterocycles. The van der Waals surface area contributed by atoms with Crippen LogP contribution in [0.5, 0.6) is 0 Å². The van der Waals surface area contributed by atoms with Crippen LogP contribution in [0, 0.1) is 15.9 Å². The molecule has 0 saturated carbocycles. The van der Waals surface area contributed by atoms with Gasteiger partial charge in [-0.1, -0.05) is 11.6 Å². The summed E-state index contributed by atoms with van der Waals surface area (Å²) >= 11 is 5.55. The predicted octanol–water partition coefficient (Wildman–Crippen LogP) is 2.06. The van der Waals surface area contributed by atoms with Crippen molar-refractivity contribution >= 4 is 28.9 Å². The van der Waals surface area contributed by atoms with E-state index in [-0.39, 0.29) is 10.7 Å². The molecule has 0 unspecified atom stereocenters. The van der Waals surface area contributed by atoms with E-state index in [0.717, 1.165) is 6.07 Å². The van der Waals surface area contributed by atoms with Crippen molar-refractivity contribution in [3.05, 3.63) is 33.1 Å². The maximum absolute atomic E-state index is 13.2. The molecule has 0 aliphatic carbocycles. The van der Waals surface area contributed by atoms with Gasteiger partial charge in [0.05, 0.1) is 16.0 Å². The lowest BCUT2D eigenvalue weighted by Crippen LogP contribution is -2.45. The van der Waals surface area contributed by atoms with E-state index in [0.29, 0.717) is 6.07 Å². The van der Waals surface area contributed by atoms with Gasteiger partial charge in [-0.25, -0.2) is 4.39 Å². The van der Waals surface area contributed by atoms with Gasteiger partial charge in [0.25, 0.3) is 5.69 Å². The van der Waals surface area contributed by atoms with Gasteiger partial charge in [0.15, 0.2) is 0 Å². The van der Waals surface area contributed by atoms with E-state index in [4.69, 9.17) is 17.3 Å². The Morgan fingerprint density at radius 3 is 2.56 bits per heavy atom. The van der Waals surface area contributed by atoms with Gasteiger partial charge in [0, 0.05) is 0 Å². The molecule has 8 heteroatoms. The highest BCUT2D eigenvalue weighted by Gasteiger charge is 2.28. The van der Waals surface area contributed by atoms with Crippen LogP contribution in [-0.4, -0.2) is 16.4 Å². The third-order valence-electron chi connectivity index (χ3n) is 2.30. The minimum atomic E-state index is -1.23. The second-order valence-corrected chi connectivity index (χ2v) is 4.56. The molecule has 0 aromatic heterocycles. The molecule has 0 fully saturated rings. The first-order valence-electron chi connectivity index (χ1n) is 4.86. The number of nitrogens with two attached hydrogens (primary N) is 1. The Kier molecular flexibility index (Phi) is 3.76. The fraction of sp³-hybridized carbons (Fsp3) is 0.300. The van der Waals surface area contributed by atoms with Crippen LogP contribution in [-0.2, 0) is 4.79 Å². The highest BCUT2D eigenvalue weighted by Crippen LogP contribution is 2.32. The molecule has 1 aromatic carbocycles. The monoisotopic (exact) mass is 275 g/mol. The molecule has 1 aromatic rings. The van der Waals surface area contributed by atoms with Gasteiger partial charge in [-0.15, -0.1) is 0 Å². The first-order chi connectivity index (χ1) is 8.15. The third kappa shape index (κ3) is 2.86. The molecule has 0 spiro atoms. The second-order valence-electron chi connectivity index (χ2n) is 4.15. The van der Waals surface area contributed by atoms with Crippen LogP contribution in [0.4, 0.5) is 15.8 Å². The Balaban J connectivity index is 3.27. The fourth-order valence-corrected chi connectivity index (χ4v) is 1.35. The summed E-state index contributed by atoms with van der Waals surface area (Å²) < 4.78 is 13.2. The quantitative estimate of drug-likeness (QED) is 0.649. The minimum Gasteiger partial charge on any atom is -0.368 e. The average molecular weight is 276 g/mol. The van der Waals surface area contributed by atoms with Crippen molar-refractivity contribution in [3.63, 3.8) is 0 Å². The topological polar surface area (TPSA) is 98.3 Å². The van der Waals surface area contributed by atoms with Gasteiger partial charge < -0.3 is 11.1 Å². The Morgan fingerprint density at radius 2 is 2.11 bits per heavy atom. The zero-order valence-corrected chi connectivity index (χ0v) is 10.4. The number of hydrogen-bond donors (Lipinski definition) is 2. The van der Waals surface area contributed by atoms with Gasteiger partial charge in [-0.05, 0) is 19.9 Å². The lowest BCUT2D eigenvalue weighted by atomic mass is 10.0. The van der Waals surface area contributed by atoms with Crippen molar-refractivity contribution in [2.45, 2.75) is 19.4 Å². The molecular weight excluding hydrogens is 265 g/mol. The van der Waals surface area contributed by atoms with Gasteiger partial charge in [-0.2, -0.15) is 0 Å². The molecule has 3 N–H and O–H groups in total. The van der Waals surface area contributed by atoms with E-state index in [1.807, 2.05) is 0 Å². The van der Waals surface area contributed by atoms with Crippen molar-refractivity contribution in [2.75, 3.05) is 5.32 Å². The maximum atomic E-state index is 13.2. The van der Waals surface area contributed by atoms with Crippen molar-refractivity contribution in [2.24, 2.45) is 5.73 Å². The second kappa shape index (κ2) is 4.77. The SMILES string of the molecule is CC(C)(Nc1cc(Cl)c(F)cc1[N+](=O)[O-])C(N)=O. The van der Waals surface area contributed by atoms with Crippen molar-refractivity contribution in [1.29, 1.82) is 0 Å².